The number of anilines is 1. The molecule has 1 saturated heterocycles. The molecule has 5 nitrogen and oxygen atoms in total. The van der Waals surface area contributed by atoms with Crippen molar-refractivity contribution in [3.63, 3.8) is 0 Å². The summed E-state index contributed by atoms with van der Waals surface area (Å²) in [6, 6.07) is 28.1. The van der Waals surface area contributed by atoms with E-state index < -0.39 is 0 Å². The van der Waals surface area contributed by atoms with E-state index in [4.69, 9.17) is 37.7 Å². The fourth-order valence-corrected chi connectivity index (χ4v) is 6.02. The van der Waals surface area contributed by atoms with Crippen LogP contribution in [-0.2, 0) is 11.4 Å². The molecule has 0 unspecified atom stereocenters. The molecule has 4 aromatic rings. The van der Waals surface area contributed by atoms with Crippen LogP contribution in [0.5, 0.6) is 11.5 Å². The van der Waals surface area contributed by atoms with Crippen molar-refractivity contribution >= 4 is 79.4 Å². The maximum atomic E-state index is 13.7. The number of carbonyl (C=O) groups excluding carboxylic acids is 1. The van der Waals surface area contributed by atoms with E-state index in [2.05, 4.69) is 15.9 Å². The largest absolute Gasteiger partial charge is 0.490 e. The first-order valence-electron chi connectivity index (χ1n) is 12.4. The highest BCUT2D eigenvalue weighted by Crippen LogP contribution is 2.41. The number of hydrogen-bond acceptors (Lipinski definition) is 5. The molecule has 202 valence electrons. The van der Waals surface area contributed by atoms with Gasteiger partial charge in [-0.15, -0.1) is 0 Å². The fourth-order valence-electron chi connectivity index (χ4n) is 3.98. The minimum Gasteiger partial charge on any atom is -0.490 e. The number of benzene rings is 4. The average molecular weight is 654 g/mol. The van der Waals surface area contributed by atoms with E-state index in [0.29, 0.717) is 42.7 Å². The standard InChI is InChI=1S/C31H23BrCl2N2O3S/c1-2-38-27-16-20(15-25(32)29(27)39-19-21-13-14-22(33)18-26(21)34)17-28-30(37)36(24-11-7-4-8-12-24)31(40-28)35-23-9-5-3-6-10-23/h3-18H,2,19H2,1H3/b28-17-,35-31?. The van der Waals surface area contributed by atoms with Gasteiger partial charge in [-0.2, -0.15) is 0 Å². The Labute approximate surface area is 255 Å². The van der Waals surface area contributed by atoms with E-state index in [1.807, 2.05) is 91.9 Å². The minimum atomic E-state index is -0.155. The third-order valence-corrected chi connectivity index (χ3v) is 7.96. The van der Waals surface area contributed by atoms with Gasteiger partial charge in [0.15, 0.2) is 16.7 Å². The number of carbonyl (C=O) groups is 1. The maximum Gasteiger partial charge on any atom is 0.271 e. The SMILES string of the molecule is CCOc1cc(/C=C2\SC(=Nc3ccccc3)N(c3ccccc3)C2=O)cc(Br)c1OCc1ccc(Cl)cc1Cl. The van der Waals surface area contributed by atoms with Crippen LogP contribution in [0.3, 0.4) is 0 Å². The van der Waals surface area contributed by atoms with Crippen LogP contribution in [0.2, 0.25) is 10.0 Å². The maximum absolute atomic E-state index is 13.7. The summed E-state index contributed by atoms with van der Waals surface area (Å²) in [6.07, 6.45) is 1.84. The van der Waals surface area contributed by atoms with Crippen molar-refractivity contribution in [1.82, 2.24) is 0 Å². The summed E-state index contributed by atoms with van der Waals surface area (Å²) >= 11 is 17.3. The summed E-state index contributed by atoms with van der Waals surface area (Å²) in [6.45, 7) is 2.57. The van der Waals surface area contributed by atoms with Gasteiger partial charge in [-0.3, -0.25) is 9.69 Å². The Morgan fingerprint density at radius 3 is 2.38 bits per heavy atom. The Balaban J connectivity index is 1.47. The topological polar surface area (TPSA) is 51.1 Å². The van der Waals surface area contributed by atoms with Crippen LogP contribution in [0.15, 0.2) is 105 Å². The van der Waals surface area contributed by atoms with E-state index in [1.165, 1.54) is 11.8 Å². The first-order chi connectivity index (χ1) is 19.4. The zero-order chi connectivity index (χ0) is 28.1. The Hall–Kier alpha value is -3.23. The second-order valence-electron chi connectivity index (χ2n) is 8.60. The van der Waals surface area contributed by atoms with Gasteiger partial charge in [-0.1, -0.05) is 65.7 Å². The number of amidine groups is 1. The smallest absolute Gasteiger partial charge is 0.271 e. The van der Waals surface area contributed by atoms with Crippen molar-refractivity contribution in [3.8, 4) is 11.5 Å². The van der Waals surface area contributed by atoms with Crippen molar-refractivity contribution < 1.29 is 14.3 Å². The Morgan fingerprint density at radius 2 is 1.68 bits per heavy atom. The second-order valence-corrected chi connectivity index (χ2v) is 11.3. The third kappa shape index (κ3) is 6.56. The number of amides is 1. The lowest BCUT2D eigenvalue weighted by molar-refractivity contribution is -0.113. The van der Waals surface area contributed by atoms with Gasteiger partial charge < -0.3 is 9.47 Å². The van der Waals surface area contributed by atoms with Crippen molar-refractivity contribution in [2.75, 3.05) is 11.5 Å². The van der Waals surface area contributed by atoms with Crippen molar-refractivity contribution in [1.29, 1.82) is 0 Å². The zero-order valence-corrected chi connectivity index (χ0v) is 25.2. The van der Waals surface area contributed by atoms with E-state index in [1.54, 1.807) is 17.0 Å². The van der Waals surface area contributed by atoms with Crippen LogP contribution in [-0.4, -0.2) is 17.7 Å². The molecule has 0 radical (unpaired) electrons. The molecule has 0 aromatic heterocycles. The molecule has 1 heterocycles. The van der Waals surface area contributed by atoms with E-state index in [0.717, 1.165) is 22.5 Å². The zero-order valence-electron chi connectivity index (χ0n) is 21.3. The van der Waals surface area contributed by atoms with Gasteiger partial charge in [0.2, 0.25) is 0 Å². The minimum absolute atomic E-state index is 0.155. The van der Waals surface area contributed by atoms with Crippen molar-refractivity contribution in [2.45, 2.75) is 13.5 Å². The number of hydrogen-bond donors (Lipinski definition) is 0. The lowest BCUT2D eigenvalue weighted by Crippen LogP contribution is -2.28. The summed E-state index contributed by atoms with van der Waals surface area (Å²) in [7, 11) is 0. The quantitative estimate of drug-likeness (QED) is 0.178. The third-order valence-electron chi connectivity index (χ3n) is 5.82. The summed E-state index contributed by atoms with van der Waals surface area (Å²) < 4.78 is 12.7. The van der Waals surface area contributed by atoms with Crippen LogP contribution < -0.4 is 14.4 Å². The molecule has 1 fully saturated rings. The lowest BCUT2D eigenvalue weighted by Gasteiger charge is -2.16. The molecule has 0 N–H and O–H groups in total. The lowest BCUT2D eigenvalue weighted by atomic mass is 10.1. The van der Waals surface area contributed by atoms with Crippen LogP contribution in [0.25, 0.3) is 6.08 Å². The molecule has 0 spiro atoms. The van der Waals surface area contributed by atoms with E-state index in [-0.39, 0.29) is 12.5 Å². The van der Waals surface area contributed by atoms with Crippen molar-refractivity contribution in [2.24, 2.45) is 4.99 Å². The number of para-hydroxylation sites is 2. The predicted molar refractivity (Wildman–Crippen MR) is 169 cm³/mol. The van der Waals surface area contributed by atoms with Gasteiger partial charge in [-0.25, -0.2) is 4.99 Å². The van der Waals surface area contributed by atoms with E-state index >= 15 is 0 Å². The van der Waals surface area contributed by atoms with Crippen LogP contribution in [0, 0.1) is 0 Å². The molecule has 1 aliphatic rings. The number of aliphatic imine (C=N–C) groups is 1. The summed E-state index contributed by atoms with van der Waals surface area (Å²) in [5, 5.41) is 1.66. The van der Waals surface area contributed by atoms with Crippen LogP contribution in [0.4, 0.5) is 11.4 Å². The van der Waals surface area contributed by atoms with Crippen LogP contribution >= 0.6 is 50.9 Å². The average Bonchev–Trinajstić information content (AvgIpc) is 3.24. The monoisotopic (exact) mass is 652 g/mol. The first kappa shape index (κ1) is 28.3. The van der Waals surface area contributed by atoms with E-state index in [9.17, 15) is 4.79 Å². The first-order valence-corrected chi connectivity index (χ1v) is 14.8. The second kappa shape index (κ2) is 13.0. The van der Waals surface area contributed by atoms with Gasteiger partial charge in [0, 0.05) is 15.6 Å². The Kier molecular flexibility index (Phi) is 9.17. The summed E-state index contributed by atoms with van der Waals surface area (Å²) in [4.78, 5) is 20.6. The molecule has 0 saturated carbocycles. The molecule has 1 aliphatic heterocycles. The molecule has 40 heavy (non-hydrogen) atoms. The van der Waals surface area contributed by atoms with Gasteiger partial charge >= 0.3 is 0 Å². The number of ether oxygens (including phenoxy) is 2. The normalized spacial score (nSPS) is 15.2. The molecule has 5 rings (SSSR count). The van der Waals surface area contributed by atoms with Gasteiger partial charge in [0.25, 0.3) is 5.91 Å². The number of halogens is 3. The molecule has 0 atom stereocenters. The molecule has 0 aliphatic carbocycles. The molecular weight excluding hydrogens is 631 g/mol. The highest BCUT2D eigenvalue weighted by atomic mass is 79.9. The van der Waals surface area contributed by atoms with Gasteiger partial charge in [0.05, 0.1) is 27.4 Å². The fraction of sp³-hybridized carbons (Fsp3) is 0.0968. The predicted octanol–water partition coefficient (Wildman–Crippen LogP) is 9.54. The number of nitrogens with zero attached hydrogens (tertiary/aromatic N) is 2. The van der Waals surface area contributed by atoms with Crippen molar-refractivity contribution in [3.05, 3.63) is 122 Å². The molecule has 4 aromatic carbocycles. The Morgan fingerprint density at radius 1 is 0.950 bits per heavy atom. The highest BCUT2D eigenvalue weighted by Gasteiger charge is 2.34. The number of rotatable bonds is 8. The van der Waals surface area contributed by atoms with Gasteiger partial charge in [-0.05, 0) is 94.8 Å². The number of thioether (sulfide) groups is 1. The van der Waals surface area contributed by atoms with Gasteiger partial charge in [0.1, 0.15) is 6.61 Å². The molecule has 0 bridgehead atoms. The highest BCUT2D eigenvalue weighted by molar-refractivity contribution is 9.10. The summed E-state index contributed by atoms with van der Waals surface area (Å²) in [5.74, 6) is 0.928. The Bertz CT molecular complexity index is 1600. The van der Waals surface area contributed by atoms with Crippen LogP contribution in [0.1, 0.15) is 18.1 Å². The molecular formula is C31H23BrCl2N2O3S. The molecule has 1 amide bonds. The summed E-state index contributed by atoms with van der Waals surface area (Å²) in [5.41, 5.74) is 3.09. The molecule has 9 heteroatoms.